The maximum atomic E-state index is 13.7. The van der Waals surface area contributed by atoms with Crippen molar-refractivity contribution >= 4 is 17.6 Å². The highest BCUT2D eigenvalue weighted by molar-refractivity contribution is 6.01. The van der Waals surface area contributed by atoms with E-state index >= 15 is 0 Å². The summed E-state index contributed by atoms with van der Waals surface area (Å²) in [6.45, 7) is 2.52. The van der Waals surface area contributed by atoms with E-state index in [1.165, 1.54) is 7.11 Å². The number of carbonyl (C=O) groups is 2. The third-order valence-corrected chi connectivity index (χ3v) is 6.57. The van der Waals surface area contributed by atoms with E-state index in [2.05, 4.69) is 23.0 Å². The Morgan fingerprint density at radius 3 is 2.21 bits per heavy atom. The monoisotopic (exact) mass is 457 g/mol. The summed E-state index contributed by atoms with van der Waals surface area (Å²) in [7, 11) is 1.37. The van der Waals surface area contributed by atoms with Crippen molar-refractivity contribution in [1.82, 2.24) is 10.9 Å². The van der Waals surface area contributed by atoms with Crippen molar-refractivity contribution in [3.05, 3.63) is 95.6 Å². The predicted molar refractivity (Wildman–Crippen MR) is 128 cm³/mol. The molecule has 0 aromatic heterocycles. The van der Waals surface area contributed by atoms with E-state index in [0.717, 1.165) is 22.6 Å². The molecular formula is C27H27N3O4. The standard InChI is InChI=1S/C27H27N3O4/c1-3-34-21-15-13-20(14-16-21)30-25(18-9-11-19(12-10-18)27(32)33-2)22-23(17-7-5-4-6-8-17)28-29-24(22)26(30)31/h4-16,22-25,28-29H,3H2,1-2H3. The smallest absolute Gasteiger partial charge is 0.337 e. The molecular weight excluding hydrogens is 430 g/mol. The van der Waals surface area contributed by atoms with Crippen LogP contribution < -0.4 is 20.5 Å². The van der Waals surface area contributed by atoms with Gasteiger partial charge in [-0.15, -0.1) is 0 Å². The minimum Gasteiger partial charge on any atom is -0.494 e. The minimum absolute atomic E-state index is 0.00198. The number of nitrogens with one attached hydrogen (secondary N) is 2. The molecule has 0 aliphatic carbocycles. The fraction of sp³-hybridized carbons (Fsp3) is 0.259. The number of amides is 1. The van der Waals surface area contributed by atoms with E-state index in [9.17, 15) is 9.59 Å². The summed E-state index contributed by atoms with van der Waals surface area (Å²) in [6, 6.07) is 24.4. The molecule has 2 fully saturated rings. The third-order valence-electron chi connectivity index (χ3n) is 6.57. The second-order valence-corrected chi connectivity index (χ2v) is 8.43. The average Bonchev–Trinajstić information content (AvgIpc) is 3.44. The number of ether oxygens (including phenoxy) is 2. The van der Waals surface area contributed by atoms with E-state index in [-0.39, 0.29) is 35.9 Å². The van der Waals surface area contributed by atoms with Crippen LogP contribution in [0.5, 0.6) is 5.75 Å². The number of benzene rings is 3. The molecule has 0 bridgehead atoms. The van der Waals surface area contributed by atoms with Crippen LogP contribution in [0.2, 0.25) is 0 Å². The molecule has 0 saturated carbocycles. The van der Waals surface area contributed by atoms with Gasteiger partial charge >= 0.3 is 5.97 Å². The Morgan fingerprint density at radius 2 is 1.56 bits per heavy atom. The number of methoxy groups -OCH3 is 1. The van der Waals surface area contributed by atoms with Gasteiger partial charge in [-0.1, -0.05) is 42.5 Å². The van der Waals surface area contributed by atoms with Crippen LogP contribution in [-0.2, 0) is 9.53 Å². The summed E-state index contributed by atoms with van der Waals surface area (Å²) < 4.78 is 10.4. The quantitative estimate of drug-likeness (QED) is 0.549. The highest BCUT2D eigenvalue weighted by atomic mass is 16.5. The van der Waals surface area contributed by atoms with E-state index in [1.54, 1.807) is 12.1 Å². The van der Waals surface area contributed by atoms with E-state index in [4.69, 9.17) is 9.47 Å². The normalized spacial score (nSPS) is 23.6. The maximum Gasteiger partial charge on any atom is 0.337 e. The molecule has 4 atom stereocenters. The molecule has 2 saturated heterocycles. The minimum atomic E-state index is -0.387. The Morgan fingerprint density at radius 1 is 0.882 bits per heavy atom. The third kappa shape index (κ3) is 3.83. The second kappa shape index (κ2) is 9.29. The summed E-state index contributed by atoms with van der Waals surface area (Å²) in [5, 5.41) is 0. The summed E-state index contributed by atoms with van der Waals surface area (Å²) in [5.74, 6) is 0.313. The van der Waals surface area contributed by atoms with Gasteiger partial charge in [-0.25, -0.2) is 15.6 Å². The Balaban J connectivity index is 1.57. The number of esters is 1. The lowest BCUT2D eigenvalue weighted by molar-refractivity contribution is -0.119. The molecule has 4 unspecified atom stereocenters. The SMILES string of the molecule is CCOc1ccc(N2C(=O)C3NNC(c4ccccc4)C3C2c2ccc(C(=O)OC)cc2)cc1. The van der Waals surface area contributed by atoms with Gasteiger partial charge in [0.2, 0.25) is 5.91 Å². The number of hydrogen-bond donors (Lipinski definition) is 2. The van der Waals surface area contributed by atoms with E-state index < -0.39 is 0 Å². The van der Waals surface area contributed by atoms with Crippen molar-refractivity contribution in [3.63, 3.8) is 0 Å². The highest BCUT2D eigenvalue weighted by Gasteiger charge is 2.55. The van der Waals surface area contributed by atoms with Gasteiger partial charge in [-0.3, -0.25) is 4.79 Å². The first-order valence-corrected chi connectivity index (χ1v) is 11.4. The van der Waals surface area contributed by atoms with Gasteiger partial charge in [0.1, 0.15) is 11.8 Å². The lowest BCUT2D eigenvalue weighted by Crippen LogP contribution is -2.41. The number of hydrogen-bond acceptors (Lipinski definition) is 6. The molecule has 0 radical (unpaired) electrons. The molecule has 34 heavy (non-hydrogen) atoms. The molecule has 5 rings (SSSR count). The number of anilines is 1. The fourth-order valence-corrected chi connectivity index (χ4v) is 5.04. The Bertz CT molecular complexity index is 1160. The van der Waals surface area contributed by atoms with Crippen molar-refractivity contribution in [2.45, 2.75) is 25.0 Å². The molecule has 7 nitrogen and oxygen atoms in total. The summed E-state index contributed by atoms with van der Waals surface area (Å²) >= 11 is 0. The van der Waals surface area contributed by atoms with E-state index in [1.807, 2.05) is 66.4 Å². The van der Waals surface area contributed by atoms with Crippen LogP contribution in [0, 0.1) is 5.92 Å². The van der Waals surface area contributed by atoms with Crippen LogP contribution in [0.15, 0.2) is 78.9 Å². The fourth-order valence-electron chi connectivity index (χ4n) is 5.04. The van der Waals surface area contributed by atoms with Crippen molar-refractivity contribution in [2.75, 3.05) is 18.6 Å². The van der Waals surface area contributed by atoms with Crippen molar-refractivity contribution in [2.24, 2.45) is 5.92 Å². The maximum absolute atomic E-state index is 13.7. The Kier molecular flexibility index (Phi) is 6.04. The Labute approximate surface area is 198 Å². The van der Waals surface area contributed by atoms with Crippen LogP contribution in [0.1, 0.15) is 40.5 Å². The van der Waals surface area contributed by atoms with Crippen LogP contribution >= 0.6 is 0 Å². The molecule has 2 aliphatic heterocycles. The predicted octanol–water partition coefficient (Wildman–Crippen LogP) is 3.79. The van der Waals surface area contributed by atoms with E-state index in [0.29, 0.717) is 12.2 Å². The van der Waals surface area contributed by atoms with Gasteiger partial charge in [0, 0.05) is 11.6 Å². The van der Waals surface area contributed by atoms with Crippen LogP contribution in [0.3, 0.4) is 0 Å². The molecule has 1 amide bonds. The summed E-state index contributed by atoms with van der Waals surface area (Å²) in [6.07, 6.45) is 0. The number of rotatable bonds is 6. The highest BCUT2D eigenvalue weighted by Crippen LogP contribution is 2.49. The first-order valence-electron chi connectivity index (χ1n) is 11.4. The lowest BCUT2D eigenvalue weighted by Gasteiger charge is -2.31. The summed E-state index contributed by atoms with van der Waals surface area (Å²) in [5.41, 5.74) is 9.94. The topological polar surface area (TPSA) is 79.9 Å². The summed E-state index contributed by atoms with van der Waals surface area (Å²) in [4.78, 5) is 27.5. The molecule has 7 heteroatoms. The zero-order chi connectivity index (χ0) is 23.7. The van der Waals surface area contributed by atoms with Gasteiger partial charge in [0.15, 0.2) is 0 Å². The number of carbonyl (C=O) groups excluding carboxylic acids is 2. The molecule has 2 aliphatic rings. The number of nitrogens with zero attached hydrogens (tertiary/aromatic N) is 1. The zero-order valence-corrected chi connectivity index (χ0v) is 19.1. The number of hydrazine groups is 1. The first-order chi connectivity index (χ1) is 16.6. The first kappa shape index (κ1) is 22.1. The molecule has 0 spiro atoms. The number of fused-ring (bicyclic) bond motifs is 1. The van der Waals surface area contributed by atoms with Crippen molar-refractivity contribution < 1.29 is 19.1 Å². The van der Waals surface area contributed by atoms with Gasteiger partial charge in [0.25, 0.3) is 0 Å². The van der Waals surface area contributed by atoms with Crippen LogP contribution in [0.25, 0.3) is 0 Å². The lowest BCUT2D eigenvalue weighted by atomic mass is 9.83. The Hall–Kier alpha value is -3.68. The molecule has 3 aromatic carbocycles. The van der Waals surface area contributed by atoms with Gasteiger partial charge in [0.05, 0.1) is 31.4 Å². The molecule has 3 aromatic rings. The second-order valence-electron chi connectivity index (χ2n) is 8.43. The van der Waals surface area contributed by atoms with Gasteiger partial charge in [-0.05, 0) is 54.4 Å². The van der Waals surface area contributed by atoms with Gasteiger partial charge < -0.3 is 14.4 Å². The molecule has 2 N–H and O–H groups in total. The molecule has 2 heterocycles. The van der Waals surface area contributed by atoms with Crippen molar-refractivity contribution in [1.29, 1.82) is 0 Å². The largest absolute Gasteiger partial charge is 0.494 e. The molecule has 174 valence electrons. The van der Waals surface area contributed by atoms with Crippen molar-refractivity contribution in [3.8, 4) is 5.75 Å². The average molecular weight is 458 g/mol. The van der Waals surface area contributed by atoms with Crippen LogP contribution in [-0.4, -0.2) is 31.6 Å². The van der Waals surface area contributed by atoms with Gasteiger partial charge in [-0.2, -0.15) is 0 Å². The zero-order valence-electron chi connectivity index (χ0n) is 19.1. The van der Waals surface area contributed by atoms with Crippen LogP contribution in [0.4, 0.5) is 5.69 Å².